The molecule has 0 aromatic heterocycles. The highest BCUT2D eigenvalue weighted by atomic mass is 16.3. The van der Waals surface area contributed by atoms with Crippen LogP contribution < -0.4 is 0 Å². The highest BCUT2D eigenvalue weighted by Gasteiger charge is 2.69. The van der Waals surface area contributed by atoms with Gasteiger partial charge in [-0.1, -0.05) is 26.0 Å². The predicted molar refractivity (Wildman–Crippen MR) is 99.7 cm³/mol. The molecule has 0 aliphatic heterocycles. The third-order valence-corrected chi connectivity index (χ3v) is 8.64. The second-order valence-corrected chi connectivity index (χ2v) is 9.68. The quantitative estimate of drug-likeness (QED) is 0.642. The van der Waals surface area contributed by atoms with E-state index in [9.17, 15) is 24.9 Å². The van der Waals surface area contributed by atoms with Gasteiger partial charge in [-0.2, -0.15) is 0 Å². The third-order valence-electron chi connectivity index (χ3n) is 8.64. The zero-order valence-corrected chi connectivity index (χ0v) is 16.2. The fourth-order valence-electron chi connectivity index (χ4n) is 7.27. The number of Topliss-reactive ketones (excluding diaryl/α,β-unsaturated/α-hetero) is 1. The molecular formula is C22H30O5. The van der Waals surface area contributed by atoms with Crippen molar-refractivity contribution in [1.29, 1.82) is 0 Å². The molecule has 0 aromatic rings. The summed E-state index contributed by atoms with van der Waals surface area (Å²) in [5.41, 5.74) is -1.20. The molecular weight excluding hydrogens is 344 g/mol. The van der Waals surface area contributed by atoms with E-state index in [1.54, 1.807) is 6.08 Å². The number of ketones is 2. The number of hydrogen-bond donors (Lipinski definition) is 3. The van der Waals surface area contributed by atoms with E-state index in [1.165, 1.54) is 0 Å². The van der Waals surface area contributed by atoms with Crippen LogP contribution in [0.3, 0.4) is 0 Å². The number of hydrogen-bond acceptors (Lipinski definition) is 5. The monoisotopic (exact) mass is 374 g/mol. The summed E-state index contributed by atoms with van der Waals surface area (Å²) in [6, 6.07) is 0. The van der Waals surface area contributed by atoms with Crippen LogP contribution in [0.25, 0.3) is 0 Å². The highest BCUT2D eigenvalue weighted by Crippen LogP contribution is 2.68. The van der Waals surface area contributed by atoms with Gasteiger partial charge in [0, 0.05) is 11.8 Å². The molecule has 7 atom stereocenters. The topological polar surface area (TPSA) is 94.8 Å². The van der Waals surface area contributed by atoms with Crippen molar-refractivity contribution in [3.8, 4) is 0 Å². The molecule has 148 valence electrons. The van der Waals surface area contributed by atoms with Crippen LogP contribution in [0, 0.1) is 28.6 Å². The van der Waals surface area contributed by atoms with Crippen molar-refractivity contribution in [3.05, 3.63) is 23.8 Å². The van der Waals surface area contributed by atoms with Crippen LogP contribution in [-0.2, 0) is 9.59 Å². The van der Waals surface area contributed by atoms with E-state index in [-0.39, 0.29) is 29.0 Å². The molecule has 3 saturated carbocycles. The molecule has 0 saturated heterocycles. The second-order valence-electron chi connectivity index (χ2n) is 9.68. The highest BCUT2D eigenvalue weighted by molar-refractivity contribution is 5.93. The summed E-state index contributed by atoms with van der Waals surface area (Å²) in [5.74, 6) is -0.230. The SMILES string of the molecule is C=C1C[C@H]2[C@@H]3CCC4=CC(=O)CC[C@]4(C)[C@H]3C(O)C[C@]2(C)[C@@]1(O)C(=O)CO. The van der Waals surface area contributed by atoms with Gasteiger partial charge in [-0.25, -0.2) is 0 Å². The van der Waals surface area contributed by atoms with E-state index < -0.39 is 29.5 Å². The Labute approximate surface area is 160 Å². The maximum absolute atomic E-state index is 12.5. The number of fused-ring (bicyclic) bond motifs is 5. The van der Waals surface area contributed by atoms with Gasteiger partial charge in [0.25, 0.3) is 0 Å². The van der Waals surface area contributed by atoms with Crippen LogP contribution in [0.4, 0.5) is 0 Å². The average Bonchev–Trinajstić information content (AvgIpc) is 2.82. The Hall–Kier alpha value is -1.30. The standard InChI is InChI=1S/C22H30O5/c1-12-8-16-15-5-4-13-9-14(24)6-7-20(13,2)19(15)17(25)10-21(16,3)22(12,27)18(26)11-23/h9,15-17,19,23,25,27H,1,4-8,10-11H2,2-3H3/t15-,16-,17?,19+,20-,21-,22-/m0/s1. The van der Waals surface area contributed by atoms with Gasteiger partial charge in [-0.3, -0.25) is 9.59 Å². The first-order chi connectivity index (χ1) is 12.6. The second kappa shape index (κ2) is 5.85. The van der Waals surface area contributed by atoms with Crippen molar-refractivity contribution in [2.75, 3.05) is 6.61 Å². The van der Waals surface area contributed by atoms with Crippen molar-refractivity contribution in [3.63, 3.8) is 0 Å². The predicted octanol–water partition coefficient (Wildman–Crippen LogP) is 1.95. The van der Waals surface area contributed by atoms with E-state index in [0.717, 1.165) is 24.8 Å². The van der Waals surface area contributed by atoms with Crippen LogP contribution in [0.1, 0.15) is 52.4 Å². The van der Waals surface area contributed by atoms with Crippen molar-refractivity contribution in [1.82, 2.24) is 0 Å². The fraction of sp³-hybridized carbons (Fsp3) is 0.727. The lowest BCUT2D eigenvalue weighted by molar-refractivity contribution is -0.177. The smallest absolute Gasteiger partial charge is 0.194 e. The normalized spacial score (nSPS) is 49.1. The molecule has 0 radical (unpaired) electrons. The summed E-state index contributed by atoms with van der Waals surface area (Å²) < 4.78 is 0. The lowest BCUT2D eigenvalue weighted by Crippen LogP contribution is -2.62. The number of rotatable bonds is 2. The molecule has 3 fully saturated rings. The summed E-state index contributed by atoms with van der Waals surface area (Å²) in [7, 11) is 0. The van der Waals surface area contributed by atoms with Crippen LogP contribution in [0.5, 0.6) is 0 Å². The van der Waals surface area contributed by atoms with E-state index in [2.05, 4.69) is 13.5 Å². The fourth-order valence-corrected chi connectivity index (χ4v) is 7.27. The summed E-state index contributed by atoms with van der Waals surface area (Å²) in [4.78, 5) is 24.4. The maximum Gasteiger partial charge on any atom is 0.194 e. The van der Waals surface area contributed by atoms with E-state index in [0.29, 0.717) is 24.8 Å². The number of aliphatic hydroxyl groups excluding tert-OH is 2. The van der Waals surface area contributed by atoms with Gasteiger partial charge in [0.1, 0.15) is 6.61 Å². The van der Waals surface area contributed by atoms with Crippen molar-refractivity contribution >= 4 is 11.6 Å². The number of allylic oxidation sites excluding steroid dienone is 1. The zero-order chi connectivity index (χ0) is 19.8. The first-order valence-electron chi connectivity index (χ1n) is 10.1. The number of carbonyl (C=O) groups excluding carboxylic acids is 2. The molecule has 5 nitrogen and oxygen atoms in total. The Morgan fingerprint density at radius 1 is 1.33 bits per heavy atom. The summed E-state index contributed by atoms with van der Waals surface area (Å²) in [5, 5.41) is 32.0. The largest absolute Gasteiger partial charge is 0.393 e. The van der Waals surface area contributed by atoms with Gasteiger partial charge in [0.2, 0.25) is 0 Å². The molecule has 0 amide bonds. The van der Waals surface area contributed by atoms with Gasteiger partial charge in [-0.15, -0.1) is 0 Å². The lowest BCUT2D eigenvalue weighted by atomic mass is 9.45. The molecule has 1 unspecified atom stereocenters. The van der Waals surface area contributed by atoms with E-state index >= 15 is 0 Å². The van der Waals surface area contributed by atoms with Gasteiger partial charge in [0.15, 0.2) is 17.2 Å². The molecule has 0 heterocycles. The minimum Gasteiger partial charge on any atom is -0.393 e. The summed E-state index contributed by atoms with van der Waals surface area (Å²) in [6.07, 6.45) is 4.89. The van der Waals surface area contributed by atoms with Gasteiger partial charge in [-0.05, 0) is 66.9 Å². The van der Waals surface area contributed by atoms with Crippen LogP contribution in [-0.4, -0.2) is 45.2 Å². The number of aliphatic hydroxyl groups is 3. The van der Waals surface area contributed by atoms with Gasteiger partial charge in [0.05, 0.1) is 6.10 Å². The molecule has 27 heavy (non-hydrogen) atoms. The maximum atomic E-state index is 12.5. The number of carbonyl (C=O) groups is 2. The molecule has 4 rings (SSSR count). The molecule has 5 heteroatoms. The van der Waals surface area contributed by atoms with Crippen molar-refractivity contribution in [2.24, 2.45) is 28.6 Å². The van der Waals surface area contributed by atoms with Gasteiger partial charge >= 0.3 is 0 Å². The van der Waals surface area contributed by atoms with Crippen molar-refractivity contribution in [2.45, 2.75) is 64.1 Å². The molecule has 0 bridgehead atoms. The Balaban J connectivity index is 1.78. The van der Waals surface area contributed by atoms with Gasteiger partial charge < -0.3 is 15.3 Å². The van der Waals surface area contributed by atoms with E-state index in [1.807, 2.05) is 6.92 Å². The van der Waals surface area contributed by atoms with Crippen LogP contribution in [0.15, 0.2) is 23.8 Å². The molecule has 4 aliphatic carbocycles. The molecule has 4 aliphatic rings. The average molecular weight is 374 g/mol. The minimum atomic E-state index is -1.78. The Bertz CT molecular complexity index is 754. The van der Waals surface area contributed by atoms with Crippen molar-refractivity contribution < 1.29 is 24.9 Å². The first-order valence-corrected chi connectivity index (χ1v) is 10.1. The Morgan fingerprint density at radius 3 is 2.70 bits per heavy atom. The summed E-state index contributed by atoms with van der Waals surface area (Å²) >= 11 is 0. The zero-order valence-electron chi connectivity index (χ0n) is 16.2. The molecule has 0 spiro atoms. The van der Waals surface area contributed by atoms with Crippen LogP contribution in [0.2, 0.25) is 0 Å². The Morgan fingerprint density at radius 2 is 2.04 bits per heavy atom. The Kier molecular flexibility index (Phi) is 4.12. The first kappa shape index (κ1) is 19.0. The summed E-state index contributed by atoms with van der Waals surface area (Å²) in [6.45, 7) is 7.32. The van der Waals surface area contributed by atoms with E-state index in [4.69, 9.17) is 0 Å². The molecule has 3 N–H and O–H groups in total. The molecule has 0 aromatic carbocycles. The lowest BCUT2D eigenvalue weighted by Gasteiger charge is -2.60. The van der Waals surface area contributed by atoms with Crippen LogP contribution >= 0.6 is 0 Å². The third kappa shape index (κ3) is 2.22. The minimum absolute atomic E-state index is 0.0167.